The molecule has 1 amide bonds. The topological polar surface area (TPSA) is 133 Å². The fourth-order valence-corrected chi connectivity index (χ4v) is 8.71. The molecule has 0 saturated heterocycles. The van der Waals surface area contributed by atoms with Crippen LogP contribution in [0.3, 0.4) is 0 Å². The summed E-state index contributed by atoms with van der Waals surface area (Å²) in [4.78, 5) is 12.5. The molecule has 3 aliphatic rings. The van der Waals surface area contributed by atoms with Gasteiger partial charge in [-0.2, -0.15) is 0 Å². The number of benzene rings is 2. The molecule has 0 radical (unpaired) electrons. The van der Waals surface area contributed by atoms with Gasteiger partial charge in [-0.1, -0.05) is 11.6 Å². The van der Waals surface area contributed by atoms with Gasteiger partial charge < -0.3 is 25.4 Å². The van der Waals surface area contributed by atoms with Crippen LogP contribution >= 0.6 is 11.6 Å². The van der Waals surface area contributed by atoms with Crippen molar-refractivity contribution >= 4 is 33.0 Å². The Kier molecular flexibility index (Phi) is 7.97. The zero-order valence-electron chi connectivity index (χ0n) is 21.2. The average molecular weight is 604 g/mol. The molecule has 13 heteroatoms. The van der Waals surface area contributed by atoms with Gasteiger partial charge in [-0.05, 0) is 55.7 Å². The molecule has 2 aromatic rings. The molecule has 5 atom stereocenters. The van der Waals surface area contributed by atoms with E-state index in [1.807, 2.05) is 0 Å². The second-order valence-electron chi connectivity index (χ2n) is 11.0. The van der Waals surface area contributed by atoms with Crippen molar-refractivity contribution in [2.45, 2.75) is 72.6 Å². The second-order valence-corrected chi connectivity index (χ2v) is 13.6. The first-order valence-corrected chi connectivity index (χ1v) is 14.9. The molecule has 8 nitrogen and oxygen atoms in total. The second kappa shape index (κ2) is 10.9. The van der Waals surface area contributed by atoms with Crippen molar-refractivity contribution in [3.05, 3.63) is 58.4 Å². The van der Waals surface area contributed by atoms with Gasteiger partial charge in [-0.15, -0.1) is 0 Å². The van der Waals surface area contributed by atoms with Crippen LogP contribution in [-0.4, -0.2) is 65.4 Å². The minimum atomic E-state index is -4.06. The number of halogens is 4. The number of aliphatic hydroxyl groups is 3. The largest absolute Gasteiger partial charge is 0.390 e. The first-order chi connectivity index (χ1) is 18.8. The lowest BCUT2D eigenvalue weighted by Crippen LogP contribution is -2.51. The fraction of sp³-hybridized carbons (Fsp3) is 0.519. The summed E-state index contributed by atoms with van der Waals surface area (Å²) in [5.74, 6) is -6.28. The minimum Gasteiger partial charge on any atom is -0.390 e. The highest BCUT2D eigenvalue weighted by molar-refractivity contribution is 7.92. The number of aliphatic hydroxyl groups excluding tert-OH is 2. The quantitative estimate of drug-likeness (QED) is 0.356. The molecule has 0 aromatic heterocycles. The molecule has 0 spiro atoms. The van der Waals surface area contributed by atoms with Crippen LogP contribution in [0.5, 0.6) is 0 Å². The summed E-state index contributed by atoms with van der Waals surface area (Å²) >= 11 is 6.25. The Morgan fingerprint density at radius 3 is 2.15 bits per heavy atom. The van der Waals surface area contributed by atoms with Crippen molar-refractivity contribution < 1.29 is 46.4 Å². The third-order valence-corrected chi connectivity index (χ3v) is 11.2. The normalized spacial score (nSPS) is 31.9. The zero-order chi connectivity index (χ0) is 29.0. The van der Waals surface area contributed by atoms with Crippen LogP contribution in [0.25, 0.3) is 0 Å². The number of rotatable bonds is 7. The van der Waals surface area contributed by atoms with Crippen LogP contribution in [0.2, 0.25) is 5.02 Å². The van der Waals surface area contributed by atoms with Crippen molar-refractivity contribution in [1.29, 1.82) is 0 Å². The molecule has 40 heavy (non-hydrogen) atoms. The summed E-state index contributed by atoms with van der Waals surface area (Å²) in [6.07, 6.45) is -0.124. The smallest absolute Gasteiger partial charge is 0.255 e. The summed E-state index contributed by atoms with van der Waals surface area (Å²) in [7, 11) is -4.06. The summed E-state index contributed by atoms with van der Waals surface area (Å²) < 4.78 is 73.6. The van der Waals surface area contributed by atoms with E-state index >= 15 is 0 Å². The van der Waals surface area contributed by atoms with Gasteiger partial charge in [0.25, 0.3) is 5.91 Å². The van der Waals surface area contributed by atoms with Crippen LogP contribution in [0.4, 0.5) is 18.9 Å². The lowest BCUT2D eigenvalue weighted by molar-refractivity contribution is -0.129. The molecule has 2 aromatic carbocycles. The van der Waals surface area contributed by atoms with E-state index in [0.29, 0.717) is 25.0 Å². The SMILES string of the molecule is O=C(Nc1cc(F)c(F)c(F)c1)c1ccc(Cl)c(S(=O)(=O)[C@H]2CC3CCC(C2)[C@]3(O)CO[C@@H]2C[C@@H](O)[C@@H](O)C2)c1. The Bertz CT molecular complexity index is 1380. The monoisotopic (exact) mass is 603 g/mol. The van der Waals surface area contributed by atoms with E-state index in [9.17, 15) is 41.7 Å². The Hall–Kier alpha value is -2.22. The van der Waals surface area contributed by atoms with Crippen LogP contribution in [0.1, 0.15) is 48.9 Å². The third-order valence-electron chi connectivity index (χ3n) is 8.56. The molecule has 0 aliphatic heterocycles. The van der Waals surface area contributed by atoms with E-state index in [0.717, 1.165) is 6.07 Å². The fourth-order valence-electron chi connectivity index (χ4n) is 6.31. The van der Waals surface area contributed by atoms with E-state index in [-0.39, 0.29) is 65.3 Å². The predicted octanol–water partition coefficient (Wildman–Crippen LogP) is 3.60. The third kappa shape index (κ3) is 5.37. The molecular weight excluding hydrogens is 575 g/mol. The van der Waals surface area contributed by atoms with Gasteiger partial charge in [-0.3, -0.25) is 4.79 Å². The number of nitrogens with one attached hydrogen (secondary N) is 1. The summed E-state index contributed by atoms with van der Waals surface area (Å²) in [6.45, 7) is -0.0276. The minimum absolute atomic E-state index is 0.0276. The van der Waals surface area contributed by atoms with Gasteiger partial charge in [0, 0.05) is 36.2 Å². The van der Waals surface area contributed by atoms with E-state index in [4.69, 9.17) is 16.3 Å². The average Bonchev–Trinajstić information content (AvgIpc) is 3.25. The van der Waals surface area contributed by atoms with Gasteiger partial charge in [0.2, 0.25) is 0 Å². The van der Waals surface area contributed by atoms with Crippen molar-refractivity contribution in [2.75, 3.05) is 11.9 Å². The zero-order valence-corrected chi connectivity index (χ0v) is 22.8. The standard InChI is InChI=1S/C27H29ClF3NO7S/c28-19-4-1-13(26(35)32-16-8-20(29)25(31)21(30)9-16)5-24(19)40(37,38)18-6-14-2-3-15(7-18)27(14,36)12-39-17-10-22(33)23(34)11-17/h1,4-5,8-9,14-15,17-18,22-23,33-34,36H,2-3,6-7,10-12H2,(H,32,35)/t14?,15?,17-,18-,22-,23+,27-. The molecular formula is C27H29ClF3NO7S. The molecule has 0 heterocycles. The molecule has 2 unspecified atom stereocenters. The molecule has 4 N–H and O–H groups in total. The summed E-state index contributed by atoms with van der Waals surface area (Å²) in [6, 6.07) is 4.78. The van der Waals surface area contributed by atoms with Crippen molar-refractivity contribution in [1.82, 2.24) is 0 Å². The number of carbonyl (C=O) groups excluding carboxylic acids is 1. The number of anilines is 1. The Labute approximate surface area is 234 Å². The van der Waals surface area contributed by atoms with E-state index in [2.05, 4.69) is 5.32 Å². The molecule has 5 rings (SSSR count). The number of sulfone groups is 1. The number of hydrogen-bond donors (Lipinski definition) is 4. The maximum atomic E-state index is 13.7. The molecule has 3 saturated carbocycles. The van der Waals surface area contributed by atoms with Crippen molar-refractivity contribution in [3.8, 4) is 0 Å². The lowest BCUT2D eigenvalue weighted by atomic mass is 9.75. The molecule has 3 fully saturated rings. The van der Waals surface area contributed by atoms with Crippen LogP contribution in [0, 0.1) is 29.3 Å². The van der Waals surface area contributed by atoms with Gasteiger partial charge in [0.1, 0.15) is 0 Å². The van der Waals surface area contributed by atoms with Gasteiger partial charge in [-0.25, -0.2) is 21.6 Å². The number of fused-ring (bicyclic) bond motifs is 2. The highest BCUT2D eigenvalue weighted by Gasteiger charge is 2.56. The van der Waals surface area contributed by atoms with Crippen LogP contribution in [-0.2, 0) is 14.6 Å². The van der Waals surface area contributed by atoms with Gasteiger partial charge >= 0.3 is 0 Å². The van der Waals surface area contributed by atoms with Crippen LogP contribution in [0.15, 0.2) is 35.2 Å². The van der Waals surface area contributed by atoms with Gasteiger partial charge in [0.05, 0.1) is 45.7 Å². The molecule has 2 bridgehead atoms. The number of amides is 1. The highest BCUT2D eigenvalue weighted by Crippen LogP contribution is 2.52. The number of ether oxygens (including phenoxy) is 1. The van der Waals surface area contributed by atoms with E-state index < -0.39 is 62.4 Å². The van der Waals surface area contributed by atoms with Gasteiger partial charge in [0.15, 0.2) is 27.3 Å². The number of hydrogen-bond acceptors (Lipinski definition) is 7. The summed E-state index contributed by atoms with van der Waals surface area (Å²) in [5.41, 5.74) is -1.74. The van der Waals surface area contributed by atoms with Crippen molar-refractivity contribution in [2.24, 2.45) is 11.8 Å². The Morgan fingerprint density at radius 2 is 1.57 bits per heavy atom. The number of carbonyl (C=O) groups is 1. The first-order valence-electron chi connectivity index (χ1n) is 13.0. The van der Waals surface area contributed by atoms with Crippen molar-refractivity contribution in [3.63, 3.8) is 0 Å². The first kappa shape index (κ1) is 29.3. The summed E-state index contributed by atoms with van der Waals surface area (Å²) in [5, 5.41) is 32.2. The predicted molar refractivity (Wildman–Crippen MR) is 138 cm³/mol. The maximum absolute atomic E-state index is 13.7. The molecule has 218 valence electrons. The Balaban J connectivity index is 1.31. The maximum Gasteiger partial charge on any atom is 0.255 e. The van der Waals surface area contributed by atoms with Crippen LogP contribution < -0.4 is 5.32 Å². The molecule has 3 aliphatic carbocycles. The van der Waals surface area contributed by atoms with E-state index in [1.54, 1.807) is 0 Å². The Morgan fingerprint density at radius 1 is 1.00 bits per heavy atom. The highest BCUT2D eigenvalue weighted by atomic mass is 35.5. The van der Waals surface area contributed by atoms with E-state index in [1.165, 1.54) is 12.1 Å². The lowest BCUT2D eigenvalue weighted by Gasteiger charge is -2.42.